The van der Waals surface area contributed by atoms with Gasteiger partial charge < -0.3 is 20.9 Å². The molecule has 0 aromatic heterocycles. The van der Waals surface area contributed by atoms with Gasteiger partial charge in [-0.05, 0) is 50.3 Å². The first kappa shape index (κ1) is 27.4. The molecule has 8 heteroatoms. The predicted molar refractivity (Wildman–Crippen MR) is 144 cm³/mol. The molecule has 7 nitrogen and oxygen atoms in total. The minimum Gasteiger partial charge on any atom is -0.357 e. The number of hydrogen-bond acceptors (Lipinski definition) is 3. The van der Waals surface area contributed by atoms with Gasteiger partial charge in [0.15, 0.2) is 5.96 Å². The molecule has 1 saturated heterocycles. The number of carbonyl (C=O) groups is 2. The zero-order valence-electron chi connectivity index (χ0n) is 20.1. The Hall–Kier alpha value is -1.84. The van der Waals surface area contributed by atoms with E-state index in [1.54, 1.807) is 0 Å². The molecule has 2 aliphatic rings. The van der Waals surface area contributed by atoms with Crippen molar-refractivity contribution in [2.75, 3.05) is 26.2 Å². The number of aliphatic imine (C=N–C) groups is 1. The molecular formula is C25H40IN5O2. The summed E-state index contributed by atoms with van der Waals surface area (Å²) in [6.07, 6.45) is 7.59. The van der Waals surface area contributed by atoms with Gasteiger partial charge >= 0.3 is 0 Å². The summed E-state index contributed by atoms with van der Waals surface area (Å²) in [7, 11) is 0. The average molecular weight is 570 g/mol. The topological polar surface area (TPSA) is 85.8 Å². The Bertz CT molecular complexity index is 795. The van der Waals surface area contributed by atoms with Gasteiger partial charge in [0.1, 0.15) is 0 Å². The molecule has 0 radical (unpaired) electrons. The molecule has 1 saturated carbocycles. The SMILES string of the molecule is CCCNC(=O)c1cccc(CN=C(NCC)NC2CCN(C(=O)C3CCCCC3)C2)c1.I. The molecule has 1 aromatic carbocycles. The molecule has 1 aliphatic carbocycles. The summed E-state index contributed by atoms with van der Waals surface area (Å²) < 4.78 is 0. The van der Waals surface area contributed by atoms with E-state index in [1.807, 2.05) is 43.0 Å². The van der Waals surface area contributed by atoms with E-state index in [1.165, 1.54) is 19.3 Å². The average Bonchev–Trinajstić information content (AvgIpc) is 3.30. The van der Waals surface area contributed by atoms with Crippen LogP contribution in [0.4, 0.5) is 0 Å². The van der Waals surface area contributed by atoms with Crippen LogP contribution in [0.2, 0.25) is 0 Å². The normalized spacial score (nSPS) is 19.0. The molecule has 1 aliphatic heterocycles. The van der Waals surface area contributed by atoms with Gasteiger partial charge in [0.25, 0.3) is 5.91 Å². The van der Waals surface area contributed by atoms with Crippen molar-refractivity contribution in [3.8, 4) is 0 Å². The van der Waals surface area contributed by atoms with Gasteiger partial charge in [-0.25, -0.2) is 4.99 Å². The van der Waals surface area contributed by atoms with Crippen molar-refractivity contribution in [2.24, 2.45) is 10.9 Å². The maximum absolute atomic E-state index is 12.8. The summed E-state index contributed by atoms with van der Waals surface area (Å²) in [5.41, 5.74) is 1.66. The highest BCUT2D eigenvalue weighted by atomic mass is 127. The van der Waals surface area contributed by atoms with Crippen molar-refractivity contribution >= 4 is 41.8 Å². The fourth-order valence-corrected chi connectivity index (χ4v) is 4.52. The van der Waals surface area contributed by atoms with Crippen molar-refractivity contribution in [3.63, 3.8) is 0 Å². The highest BCUT2D eigenvalue weighted by Crippen LogP contribution is 2.26. The van der Waals surface area contributed by atoms with Crippen LogP contribution in [0.15, 0.2) is 29.3 Å². The third-order valence-corrected chi connectivity index (χ3v) is 6.28. The number of benzene rings is 1. The van der Waals surface area contributed by atoms with Crippen molar-refractivity contribution < 1.29 is 9.59 Å². The Labute approximate surface area is 215 Å². The number of halogens is 1. The molecule has 1 aromatic rings. The van der Waals surface area contributed by atoms with Gasteiger partial charge in [-0.1, -0.05) is 38.3 Å². The largest absolute Gasteiger partial charge is 0.357 e. The second-order valence-corrected chi connectivity index (χ2v) is 8.90. The number of carbonyl (C=O) groups excluding carboxylic acids is 2. The first-order chi connectivity index (χ1) is 15.6. The molecule has 184 valence electrons. The number of guanidine groups is 1. The number of hydrogen-bond donors (Lipinski definition) is 3. The number of rotatable bonds is 8. The molecule has 1 heterocycles. The van der Waals surface area contributed by atoms with Gasteiger partial charge in [0.05, 0.1) is 6.54 Å². The van der Waals surface area contributed by atoms with E-state index in [-0.39, 0.29) is 41.8 Å². The van der Waals surface area contributed by atoms with E-state index < -0.39 is 0 Å². The fourth-order valence-electron chi connectivity index (χ4n) is 4.52. The Morgan fingerprint density at radius 1 is 1.09 bits per heavy atom. The second kappa shape index (κ2) is 14.4. The first-order valence-corrected chi connectivity index (χ1v) is 12.3. The molecule has 3 rings (SSSR count). The zero-order chi connectivity index (χ0) is 22.8. The van der Waals surface area contributed by atoms with Crippen LogP contribution < -0.4 is 16.0 Å². The smallest absolute Gasteiger partial charge is 0.251 e. The van der Waals surface area contributed by atoms with Gasteiger partial charge in [-0.15, -0.1) is 24.0 Å². The van der Waals surface area contributed by atoms with E-state index in [9.17, 15) is 9.59 Å². The van der Waals surface area contributed by atoms with Crippen molar-refractivity contribution in [1.29, 1.82) is 0 Å². The van der Waals surface area contributed by atoms with Crippen LogP contribution in [0.25, 0.3) is 0 Å². The van der Waals surface area contributed by atoms with Crippen LogP contribution in [0.5, 0.6) is 0 Å². The van der Waals surface area contributed by atoms with E-state index in [0.29, 0.717) is 24.6 Å². The minimum atomic E-state index is -0.0450. The Morgan fingerprint density at radius 3 is 2.61 bits per heavy atom. The van der Waals surface area contributed by atoms with E-state index in [4.69, 9.17) is 4.99 Å². The summed E-state index contributed by atoms with van der Waals surface area (Å²) in [4.78, 5) is 31.8. The highest BCUT2D eigenvalue weighted by Gasteiger charge is 2.31. The molecule has 0 bridgehead atoms. The first-order valence-electron chi connectivity index (χ1n) is 12.3. The van der Waals surface area contributed by atoms with Crippen LogP contribution in [-0.2, 0) is 11.3 Å². The van der Waals surface area contributed by atoms with Gasteiger partial charge in [0.2, 0.25) is 5.91 Å². The maximum atomic E-state index is 12.8. The third kappa shape index (κ3) is 8.46. The Balaban J connectivity index is 0.00000385. The summed E-state index contributed by atoms with van der Waals surface area (Å²) in [5, 5.41) is 9.73. The molecule has 1 unspecified atom stereocenters. The third-order valence-electron chi connectivity index (χ3n) is 6.28. The number of amides is 2. The van der Waals surface area contributed by atoms with Crippen LogP contribution in [0.3, 0.4) is 0 Å². The lowest BCUT2D eigenvalue weighted by Crippen LogP contribution is -2.45. The fraction of sp³-hybridized carbons (Fsp3) is 0.640. The predicted octanol–water partition coefficient (Wildman–Crippen LogP) is 3.68. The second-order valence-electron chi connectivity index (χ2n) is 8.90. The van der Waals surface area contributed by atoms with Crippen LogP contribution in [0.1, 0.15) is 74.7 Å². The zero-order valence-corrected chi connectivity index (χ0v) is 22.4. The summed E-state index contributed by atoms with van der Waals surface area (Å²) in [6, 6.07) is 7.84. The Morgan fingerprint density at radius 2 is 1.88 bits per heavy atom. The molecule has 3 N–H and O–H groups in total. The van der Waals surface area contributed by atoms with Crippen molar-refractivity contribution in [1.82, 2.24) is 20.9 Å². The standard InChI is InChI=1S/C25H39N5O2.HI/c1-3-14-27-23(31)21-12-8-9-19(16-21)17-28-25(26-4-2)29-22-13-15-30(18-22)24(32)20-10-6-5-7-11-20;/h8-9,12,16,20,22H,3-7,10-11,13-15,17-18H2,1-2H3,(H,27,31)(H2,26,28,29);1H. The Kier molecular flexibility index (Phi) is 12.0. The molecule has 2 amide bonds. The number of nitrogens with one attached hydrogen (secondary N) is 3. The molecule has 1 atom stereocenters. The van der Waals surface area contributed by atoms with E-state index in [0.717, 1.165) is 56.8 Å². The van der Waals surface area contributed by atoms with Gasteiger partial charge in [-0.2, -0.15) is 0 Å². The van der Waals surface area contributed by atoms with Crippen molar-refractivity contribution in [3.05, 3.63) is 35.4 Å². The monoisotopic (exact) mass is 569 g/mol. The van der Waals surface area contributed by atoms with E-state index in [2.05, 4.69) is 16.0 Å². The summed E-state index contributed by atoms with van der Waals surface area (Å²) >= 11 is 0. The van der Waals surface area contributed by atoms with Crippen LogP contribution in [0, 0.1) is 5.92 Å². The lowest BCUT2D eigenvalue weighted by molar-refractivity contribution is -0.135. The highest BCUT2D eigenvalue weighted by molar-refractivity contribution is 14.0. The molecule has 2 fully saturated rings. The number of likely N-dealkylation sites (tertiary alicyclic amines) is 1. The maximum Gasteiger partial charge on any atom is 0.251 e. The number of nitrogens with zero attached hydrogens (tertiary/aromatic N) is 2. The lowest BCUT2D eigenvalue weighted by atomic mass is 9.88. The van der Waals surface area contributed by atoms with Crippen LogP contribution >= 0.6 is 24.0 Å². The van der Waals surface area contributed by atoms with Crippen molar-refractivity contribution in [2.45, 2.75) is 71.4 Å². The molecular weight excluding hydrogens is 529 g/mol. The quantitative estimate of drug-likeness (QED) is 0.254. The molecule has 33 heavy (non-hydrogen) atoms. The summed E-state index contributed by atoms with van der Waals surface area (Å²) in [5.74, 6) is 1.28. The van der Waals surface area contributed by atoms with E-state index >= 15 is 0 Å². The summed E-state index contributed by atoms with van der Waals surface area (Å²) in [6.45, 7) is 7.58. The molecule has 0 spiro atoms. The lowest BCUT2D eigenvalue weighted by Gasteiger charge is -2.26. The van der Waals surface area contributed by atoms with Gasteiger partial charge in [0, 0.05) is 43.7 Å². The van der Waals surface area contributed by atoms with Crippen LogP contribution in [-0.4, -0.2) is 54.9 Å². The minimum absolute atomic E-state index is 0. The van der Waals surface area contributed by atoms with Gasteiger partial charge in [-0.3, -0.25) is 9.59 Å².